The van der Waals surface area contributed by atoms with Gasteiger partial charge in [0.1, 0.15) is 5.75 Å². The summed E-state index contributed by atoms with van der Waals surface area (Å²) in [7, 11) is 0. The van der Waals surface area contributed by atoms with Crippen molar-refractivity contribution in [2.24, 2.45) is 0 Å². The highest BCUT2D eigenvalue weighted by Gasteiger charge is 2.24. The molecule has 1 saturated carbocycles. The third-order valence-corrected chi connectivity index (χ3v) is 5.64. The van der Waals surface area contributed by atoms with Crippen LogP contribution in [0.4, 0.5) is 17.3 Å². The zero-order chi connectivity index (χ0) is 22.6. The van der Waals surface area contributed by atoms with Crippen LogP contribution >= 0.6 is 0 Å². The molecule has 2 aliphatic heterocycles. The van der Waals surface area contributed by atoms with Crippen LogP contribution in [0.1, 0.15) is 41.6 Å². The Morgan fingerprint density at radius 3 is 2.85 bits per heavy atom. The molecule has 2 aromatic carbocycles. The van der Waals surface area contributed by atoms with E-state index < -0.39 is 0 Å². The molecule has 3 heterocycles. The molecule has 1 fully saturated rings. The predicted octanol–water partition coefficient (Wildman–Crippen LogP) is 4.05. The van der Waals surface area contributed by atoms with E-state index in [0.29, 0.717) is 48.8 Å². The lowest BCUT2D eigenvalue weighted by Crippen LogP contribution is -2.24. The van der Waals surface area contributed by atoms with E-state index in [0.717, 1.165) is 48.2 Å². The normalized spacial score (nSPS) is 16.7. The molecule has 0 saturated heterocycles. The largest absolute Gasteiger partial charge is 0.490 e. The first-order valence-corrected chi connectivity index (χ1v) is 11.3. The molecule has 1 aliphatic carbocycles. The summed E-state index contributed by atoms with van der Waals surface area (Å²) in [5, 5.41) is 6.22. The van der Waals surface area contributed by atoms with Crippen molar-refractivity contribution in [3.63, 3.8) is 0 Å². The quantitative estimate of drug-likeness (QED) is 0.510. The van der Waals surface area contributed by atoms with Crippen LogP contribution in [0.3, 0.4) is 0 Å². The highest BCUT2D eigenvalue weighted by molar-refractivity contribution is 5.96. The van der Waals surface area contributed by atoms with E-state index in [1.807, 2.05) is 24.3 Å². The van der Waals surface area contributed by atoms with Crippen LogP contribution in [0, 0.1) is 0 Å². The second-order valence-corrected chi connectivity index (χ2v) is 8.35. The summed E-state index contributed by atoms with van der Waals surface area (Å²) in [6.07, 6.45) is 5.85. The molecule has 0 spiro atoms. The molecule has 33 heavy (non-hydrogen) atoms. The Morgan fingerprint density at radius 2 is 2.00 bits per heavy atom. The summed E-state index contributed by atoms with van der Waals surface area (Å²) in [4.78, 5) is 21.5. The zero-order valence-corrected chi connectivity index (χ0v) is 18.3. The average molecular weight is 446 g/mol. The predicted molar refractivity (Wildman–Crippen MR) is 126 cm³/mol. The number of anilines is 3. The number of carbonyl (C=O) groups excluding carboxylic acids is 1. The summed E-state index contributed by atoms with van der Waals surface area (Å²) in [6, 6.07) is 13.0. The summed E-state index contributed by atoms with van der Waals surface area (Å²) in [5.41, 5.74) is 10.5. The molecule has 4 N–H and O–H groups in total. The van der Waals surface area contributed by atoms with E-state index in [1.54, 1.807) is 24.4 Å². The van der Waals surface area contributed by atoms with Gasteiger partial charge >= 0.3 is 0 Å². The minimum Gasteiger partial charge on any atom is -0.490 e. The van der Waals surface area contributed by atoms with Crippen LogP contribution in [0.2, 0.25) is 0 Å². The number of nitrogens with zero attached hydrogens (tertiary/aromatic N) is 2. The summed E-state index contributed by atoms with van der Waals surface area (Å²) in [6.45, 7) is 1.63. The van der Waals surface area contributed by atoms with Crippen LogP contribution in [0.25, 0.3) is 11.3 Å². The van der Waals surface area contributed by atoms with Crippen molar-refractivity contribution in [3.05, 3.63) is 59.8 Å². The van der Waals surface area contributed by atoms with Crippen molar-refractivity contribution in [1.29, 1.82) is 0 Å². The summed E-state index contributed by atoms with van der Waals surface area (Å²) < 4.78 is 12.0. The van der Waals surface area contributed by atoms with E-state index in [9.17, 15) is 4.79 Å². The molecule has 0 radical (unpaired) electrons. The van der Waals surface area contributed by atoms with Gasteiger partial charge in [0.2, 0.25) is 5.95 Å². The molecule has 3 aromatic rings. The molecule has 3 aliphatic rings. The smallest absolute Gasteiger partial charge is 0.251 e. The number of amides is 1. The zero-order valence-electron chi connectivity index (χ0n) is 18.3. The summed E-state index contributed by atoms with van der Waals surface area (Å²) in [5.74, 6) is 1.16. The highest BCUT2D eigenvalue weighted by atomic mass is 16.5. The Labute approximate surface area is 192 Å². The fourth-order valence-corrected chi connectivity index (χ4v) is 3.70. The third kappa shape index (κ3) is 5.23. The number of rotatable bonds is 2. The molecule has 8 nitrogen and oxygen atoms in total. The fourth-order valence-electron chi connectivity index (χ4n) is 3.70. The van der Waals surface area contributed by atoms with Gasteiger partial charge in [-0.15, -0.1) is 0 Å². The fraction of sp³-hybridized carbons (Fsp3) is 0.320. The van der Waals surface area contributed by atoms with Crippen molar-refractivity contribution >= 4 is 23.2 Å². The standard InChI is InChI=1S/C25H27N5O3/c26-21-14-16-3-7-20(21)22-9-11-28-25(30-22)29-18-4-8-23(33-19-5-6-19)17(13-18)15-32-12-2-1-10-27-24(16)31/h3-4,7-9,11,13-14,19H,1-2,5-6,10,12,15,26H2,(H,27,31)(H,28,29,30). The van der Waals surface area contributed by atoms with Crippen molar-refractivity contribution in [2.45, 2.75) is 38.4 Å². The molecule has 1 aromatic heterocycles. The number of fused-ring (bicyclic) bond motifs is 9. The van der Waals surface area contributed by atoms with Gasteiger partial charge in [-0.05, 0) is 68.1 Å². The molecular formula is C25H27N5O3. The maximum atomic E-state index is 12.5. The number of hydrogen-bond donors (Lipinski definition) is 3. The van der Waals surface area contributed by atoms with Gasteiger partial charge < -0.3 is 25.8 Å². The second-order valence-electron chi connectivity index (χ2n) is 8.35. The van der Waals surface area contributed by atoms with Crippen molar-refractivity contribution in [1.82, 2.24) is 15.3 Å². The van der Waals surface area contributed by atoms with Gasteiger partial charge in [0.25, 0.3) is 5.91 Å². The van der Waals surface area contributed by atoms with E-state index in [1.165, 1.54) is 0 Å². The molecule has 6 bridgehead atoms. The first kappa shape index (κ1) is 21.2. The van der Waals surface area contributed by atoms with E-state index in [-0.39, 0.29) is 5.91 Å². The Hall–Kier alpha value is -3.65. The van der Waals surface area contributed by atoms with Crippen LogP contribution < -0.4 is 21.1 Å². The first-order chi connectivity index (χ1) is 16.2. The lowest BCUT2D eigenvalue weighted by Gasteiger charge is -2.14. The van der Waals surface area contributed by atoms with Crippen molar-refractivity contribution < 1.29 is 14.3 Å². The molecule has 6 rings (SSSR count). The average Bonchev–Trinajstić information content (AvgIpc) is 3.63. The highest BCUT2D eigenvalue weighted by Crippen LogP contribution is 2.32. The van der Waals surface area contributed by atoms with Gasteiger partial charge in [0.05, 0.1) is 18.4 Å². The Morgan fingerprint density at radius 1 is 1.09 bits per heavy atom. The van der Waals surface area contributed by atoms with Crippen LogP contribution in [0.15, 0.2) is 48.7 Å². The number of carbonyl (C=O) groups is 1. The number of benzene rings is 2. The number of hydrogen-bond acceptors (Lipinski definition) is 7. The molecule has 0 unspecified atom stereocenters. The Kier molecular flexibility index (Phi) is 6.08. The number of nitrogens with one attached hydrogen (secondary N) is 2. The molecule has 8 heteroatoms. The van der Waals surface area contributed by atoms with Crippen molar-refractivity contribution in [2.75, 3.05) is 24.2 Å². The maximum Gasteiger partial charge on any atom is 0.251 e. The number of nitrogen functional groups attached to an aromatic ring is 1. The first-order valence-electron chi connectivity index (χ1n) is 11.3. The lowest BCUT2D eigenvalue weighted by atomic mass is 10.1. The van der Waals surface area contributed by atoms with Crippen LogP contribution in [-0.4, -0.2) is 35.1 Å². The lowest BCUT2D eigenvalue weighted by molar-refractivity contribution is 0.0945. The van der Waals surface area contributed by atoms with Gasteiger partial charge in [0.15, 0.2) is 0 Å². The van der Waals surface area contributed by atoms with E-state index >= 15 is 0 Å². The summed E-state index contributed by atoms with van der Waals surface area (Å²) >= 11 is 0. The minimum atomic E-state index is -0.143. The van der Waals surface area contributed by atoms with Gasteiger partial charge in [-0.1, -0.05) is 0 Å². The molecular weight excluding hydrogens is 418 g/mol. The minimum absolute atomic E-state index is 0.143. The van der Waals surface area contributed by atoms with Crippen LogP contribution in [0.5, 0.6) is 5.75 Å². The van der Waals surface area contributed by atoms with Crippen molar-refractivity contribution in [3.8, 4) is 17.0 Å². The topological polar surface area (TPSA) is 111 Å². The molecule has 0 atom stereocenters. The SMILES string of the molecule is Nc1cc2ccc1-c1ccnc(n1)Nc1ccc(OC3CC3)c(c1)COCCCCNC2=O. The second kappa shape index (κ2) is 9.46. The third-order valence-electron chi connectivity index (χ3n) is 5.64. The monoisotopic (exact) mass is 445 g/mol. The van der Waals surface area contributed by atoms with Gasteiger partial charge in [-0.25, -0.2) is 9.97 Å². The van der Waals surface area contributed by atoms with Gasteiger partial charge in [-0.3, -0.25) is 4.79 Å². The Bertz CT molecular complexity index is 1160. The number of ether oxygens (including phenoxy) is 2. The van der Waals surface area contributed by atoms with E-state index in [4.69, 9.17) is 15.2 Å². The molecule has 1 amide bonds. The van der Waals surface area contributed by atoms with E-state index in [2.05, 4.69) is 20.6 Å². The maximum absolute atomic E-state index is 12.5. The number of nitrogens with two attached hydrogens (primary N) is 1. The number of aromatic nitrogens is 2. The van der Waals surface area contributed by atoms with Gasteiger partial charge in [-0.2, -0.15) is 0 Å². The Balaban J connectivity index is 1.46. The molecule has 170 valence electrons. The van der Waals surface area contributed by atoms with Crippen LogP contribution in [-0.2, 0) is 11.3 Å². The van der Waals surface area contributed by atoms with Gasteiger partial charge in [0, 0.05) is 47.4 Å².